The van der Waals surface area contributed by atoms with E-state index in [2.05, 4.69) is 51.9 Å². The van der Waals surface area contributed by atoms with Gasteiger partial charge in [-0.2, -0.15) is 0 Å². The van der Waals surface area contributed by atoms with E-state index in [1.165, 1.54) is 6.42 Å². The van der Waals surface area contributed by atoms with Gasteiger partial charge in [0.25, 0.3) is 0 Å². The molecule has 1 fully saturated rings. The molecule has 0 aromatic carbocycles. The molecule has 0 aromatic heterocycles. The Hall–Kier alpha value is 0.0938. The van der Waals surface area contributed by atoms with Crippen molar-refractivity contribution in [2.75, 3.05) is 0 Å². The van der Waals surface area contributed by atoms with Crippen LogP contribution in [0, 0.1) is 5.92 Å². The van der Waals surface area contributed by atoms with E-state index in [9.17, 15) is 0 Å². The summed E-state index contributed by atoms with van der Waals surface area (Å²) in [5, 5.41) is 0. The van der Waals surface area contributed by atoms with Gasteiger partial charge in [0.05, 0.1) is 12.2 Å². The molecule has 0 N–H and O–H groups in total. The molecule has 4 heteroatoms. The molecule has 0 spiro atoms. The topological polar surface area (TPSA) is 18.5 Å². The summed E-state index contributed by atoms with van der Waals surface area (Å²) in [6, 6.07) is 0. The molecule has 0 aliphatic heterocycles. The molecule has 1 aliphatic rings. The van der Waals surface area contributed by atoms with E-state index in [1.54, 1.807) is 0 Å². The lowest BCUT2D eigenvalue weighted by Crippen LogP contribution is -2.47. The molecular formula is C14H30O2Si2. The van der Waals surface area contributed by atoms with E-state index < -0.39 is 16.6 Å². The summed E-state index contributed by atoms with van der Waals surface area (Å²) < 4.78 is 12.7. The predicted molar refractivity (Wildman–Crippen MR) is 84.0 cm³/mol. The molecule has 0 saturated heterocycles. The summed E-state index contributed by atoms with van der Waals surface area (Å²) in [6.45, 7) is 17.5. The molecule has 0 radical (unpaired) electrons. The van der Waals surface area contributed by atoms with E-state index in [4.69, 9.17) is 8.85 Å². The molecule has 3 atom stereocenters. The van der Waals surface area contributed by atoms with Gasteiger partial charge in [-0.15, -0.1) is 6.58 Å². The van der Waals surface area contributed by atoms with Crippen LogP contribution < -0.4 is 0 Å². The Bertz CT molecular complexity index is 278. The van der Waals surface area contributed by atoms with Gasteiger partial charge in [0, 0.05) is 0 Å². The number of rotatable bonds is 5. The average molecular weight is 287 g/mol. The highest BCUT2D eigenvalue weighted by molar-refractivity contribution is 6.70. The van der Waals surface area contributed by atoms with Gasteiger partial charge in [0.15, 0.2) is 16.6 Å². The van der Waals surface area contributed by atoms with Gasteiger partial charge in [-0.05, 0) is 64.5 Å². The highest BCUT2D eigenvalue weighted by atomic mass is 28.4. The Labute approximate surface area is 115 Å². The SMILES string of the molecule is C=CC1CCC(O[Si](C)(C)C)C(O[Si](C)(C)C)C1. The Morgan fingerprint density at radius 3 is 1.83 bits per heavy atom. The van der Waals surface area contributed by atoms with E-state index in [1.807, 2.05) is 0 Å². The lowest BCUT2D eigenvalue weighted by atomic mass is 9.85. The van der Waals surface area contributed by atoms with Crippen LogP contribution in [0.25, 0.3) is 0 Å². The maximum Gasteiger partial charge on any atom is 0.184 e. The van der Waals surface area contributed by atoms with Gasteiger partial charge >= 0.3 is 0 Å². The summed E-state index contributed by atoms with van der Waals surface area (Å²) in [5.41, 5.74) is 0. The van der Waals surface area contributed by atoms with Crippen molar-refractivity contribution in [2.45, 2.75) is 70.8 Å². The second kappa shape index (κ2) is 6.03. The van der Waals surface area contributed by atoms with Crippen LogP contribution in [0.3, 0.4) is 0 Å². The zero-order chi connectivity index (χ0) is 14.0. The summed E-state index contributed by atoms with van der Waals surface area (Å²) in [6.07, 6.45) is 6.08. The van der Waals surface area contributed by atoms with Crippen LogP contribution in [0.2, 0.25) is 39.3 Å². The number of hydrogen-bond acceptors (Lipinski definition) is 2. The maximum atomic E-state index is 6.36. The smallest absolute Gasteiger partial charge is 0.184 e. The van der Waals surface area contributed by atoms with Gasteiger partial charge in [0.2, 0.25) is 0 Å². The van der Waals surface area contributed by atoms with Gasteiger partial charge in [-0.1, -0.05) is 6.08 Å². The van der Waals surface area contributed by atoms with Crippen LogP contribution in [-0.4, -0.2) is 28.8 Å². The van der Waals surface area contributed by atoms with E-state index >= 15 is 0 Å². The van der Waals surface area contributed by atoms with Crippen LogP contribution in [0.4, 0.5) is 0 Å². The first-order valence-electron chi connectivity index (χ1n) is 7.09. The Morgan fingerprint density at radius 2 is 1.39 bits per heavy atom. The lowest BCUT2D eigenvalue weighted by molar-refractivity contribution is 0.00293. The standard InChI is InChI=1S/C14H30O2Si2/c1-8-12-9-10-13(15-17(2,3)4)14(11-12)16-18(5,6)7/h8,12-14H,1,9-11H2,2-7H3. The van der Waals surface area contributed by atoms with Crippen molar-refractivity contribution in [3.8, 4) is 0 Å². The lowest BCUT2D eigenvalue weighted by Gasteiger charge is -2.41. The summed E-state index contributed by atoms with van der Waals surface area (Å²) in [7, 11) is -2.99. The third-order valence-electron chi connectivity index (χ3n) is 3.11. The fourth-order valence-corrected chi connectivity index (χ4v) is 4.85. The Morgan fingerprint density at radius 1 is 0.889 bits per heavy atom. The van der Waals surface area contributed by atoms with Crippen molar-refractivity contribution < 1.29 is 8.85 Å². The zero-order valence-corrected chi connectivity index (χ0v) is 15.0. The summed E-state index contributed by atoms with van der Waals surface area (Å²) in [4.78, 5) is 0. The molecule has 18 heavy (non-hydrogen) atoms. The quantitative estimate of drug-likeness (QED) is 0.550. The molecule has 1 rings (SSSR count). The highest BCUT2D eigenvalue weighted by Gasteiger charge is 2.36. The molecule has 1 aliphatic carbocycles. The van der Waals surface area contributed by atoms with Crippen molar-refractivity contribution >= 4 is 16.6 Å². The fraction of sp³-hybridized carbons (Fsp3) is 0.857. The molecule has 0 aromatic rings. The van der Waals surface area contributed by atoms with Gasteiger partial charge in [0.1, 0.15) is 0 Å². The Balaban J connectivity index is 2.71. The largest absolute Gasteiger partial charge is 0.412 e. The third kappa shape index (κ3) is 5.82. The first-order valence-corrected chi connectivity index (χ1v) is 13.9. The third-order valence-corrected chi connectivity index (χ3v) is 5.13. The molecule has 0 bridgehead atoms. The molecule has 3 unspecified atom stereocenters. The van der Waals surface area contributed by atoms with Crippen LogP contribution in [-0.2, 0) is 8.85 Å². The minimum Gasteiger partial charge on any atom is -0.412 e. The normalized spacial score (nSPS) is 30.2. The monoisotopic (exact) mass is 286 g/mol. The van der Waals surface area contributed by atoms with E-state index in [0.29, 0.717) is 12.0 Å². The van der Waals surface area contributed by atoms with Gasteiger partial charge in [-0.25, -0.2) is 0 Å². The highest BCUT2D eigenvalue weighted by Crippen LogP contribution is 2.32. The van der Waals surface area contributed by atoms with Crippen LogP contribution in [0.1, 0.15) is 19.3 Å². The second-order valence-corrected chi connectivity index (χ2v) is 16.3. The predicted octanol–water partition coefficient (Wildman–Crippen LogP) is 4.41. The van der Waals surface area contributed by atoms with Gasteiger partial charge < -0.3 is 8.85 Å². The summed E-state index contributed by atoms with van der Waals surface area (Å²) >= 11 is 0. The minimum absolute atomic E-state index is 0.278. The molecule has 0 amide bonds. The van der Waals surface area contributed by atoms with Crippen LogP contribution in [0.5, 0.6) is 0 Å². The van der Waals surface area contributed by atoms with Crippen LogP contribution >= 0.6 is 0 Å². The van der Waals surface area contributed by atoms with E-state index in [0.717, 1.165) is 12.8 Å². The molecule has 1 saturated carbocycles. The van der Waals surface area contributed by atoms with Gasteiger partial charge in [-0.3, -0.25) is 0 Å². The molecule has 2 nitrogen and oxygen atoms in total. The van der Waals surface area contributed by atoms with Crippen molar-refractivity contribution in [1.82, 2.24) is 0 Å². The van der Waals surface area contributed by atoms with E-state index in [-0.39, 0.29) is 6.10 Å². The van der Waals surface area contributed by atoms with Crippen molar-refractivity contribution in [3.05, 3.63) is 12.7 Å². The maximum absolute atomic E-state index is 6.36. The molecule has 106 valence electrons. The first kappa shape index (κ1) is 16.1. The fourth-order valence-electron chi connectivity index (χ4n) is 2.51. The zero-order valence-electron chi connectivity index (χ0n) is 13.0. The number of allylic oxidation sites excluding steroid dienone is 1. The minimum atomic E-state index is -1.50. The average Bonchev–Trinajstić information content (AvgIpc) is 2.16. The first-order chi connectivity index (χ1) is 8.11. The van der Waals surface area contributed by atoms with Crippen molar-refractivity contribution in [2.24, 2.45) is 5.92 Å². The molecular weight excluding hydrogens is 256 g/mol. The summed E-state index contributed by atoms with van der Waals surface area (Å²) in [5.74, 6) is 0.604. The second-order valence-electron chi connectivity index (χ2n) is 7.35. The van der Waals surface area contributed by atoms with Crippen molar-refractivity contribution in [1.29, 1.82) is 0 Å². The van der Waals surface area contributed by atoms with Crippen LogP contribution in [0.15, 0.2) is 12.7 Å². The molecule has 0 heterocycles. The number of hydrogen-bond donors (Lipinski definition) is 0. The Kier molecular flexibility index (Phi) is 5.41. The van der Waals surface area contributed by atoms with Crippen molar-refractivity contribution in [3.63, 3.8) is 0 Å².